The number of nitro groups is 1. The number of thiocarbonyl (C=S) groups is 1. The van der Waals surface area contributed by atoms with Crippen LogP contribution in [0.25, 0.3) is 0 Å². The zero-order valence-corrected chi connectivity index (χ0v) is 14.2. The van der Waals surface area contributed by atoms with E-state index in [1.54, 1.807) is 23.5 Å². The van der Waals surface area contributed by atoms with E-state index in [1.807, 2.05) is 0 Å². The van der Waals surface area contributed by atoms with E-state index in [9.17, 15) is 10.1 Å². The largest absolute Gasteiger partial charge is 0.332 e. The van der Waals surface area contributed by atoms with Crippen LogP contribution in [-0.4, -0.2) is 15.0 Å². The summed E-state index contributed by atoms with van der Waals surface area (Å²) in [5.74, 6) is 0.709. The monoisotopic (exact) mass is 348 g/mol. The number of non-ortho nitro benzene ring substituents is 1. The molecule has 0 fully saturated rings. The van der Waals surface area contributed by atoms with Crippen molar-refractivity contribution >= 4 is 45.2 Å². The van der Waals surface area contributed by atoms with E-state index < -0.39 is 4.92 Å². The molecule has 0 saturated heterocycles. The molecule has 2 N–H and O–H groups in total. The minimum absolute atomic E-state index is 0.0520. The van der Waals surface area contributed by atoms with Gasteiger partial charge in [-0.2, -0.15) is 0 Å². The molecule has 0 spiro atoms. The molecule has 1 aliphatic carbocycles. The summed E-state index contributed by atoms with van der Waals surface area (Å²) in [7, 11) is 0. The molecule has 0 amide bonds. The van der Waals surface area contributed by atoms with Gasteiger partial charge in [0.05, 0.1) is 10.6 Å². The lowest BCUT2D eigenvalue weighted by Gasteiger charge is -2.15. The second-order valence-corrected chi connectivity index (χ2v) is 7.11. The first kappa shape index (κ1) is 15.8. The summed E-state index contributed by atoms with van der Waals surface area (Å²) in [6.07, 6.45) is 3.29. The quantitative estimate of drug-likeness (QED) is 0.496. The number of hydrogen-bond donors (Lipinski definition) is 2. The van der Waals surface area contributed by atoms with Crippen LogP contribution in [-0.2, 0) is 12.8 Å². The van der Waals surface area contributed by atoms with Gasteiger partial charge in [-0.05, 0) is 49.5 Å². The number of nitro benzene ring substituents is 1. The number of nitrogens with zero attached hydrogens (tertiary/aromatic N) is 2. The maximum atomic E-state index is 10.6. The Morgan fingerprint density at radius 2 is 2.13 bits per heavy atom. The number of aryl methyl sites for hydroxylation is 1. The lowest BCUT2D eigenvalue weighted by Crippen LogP contribution is -2.18. The van der Waals surface area contributed by atoms with E-state index >= 15 is 0 Å². The number of thiazole rings is 1. The van der Waals surface area contributed by atoms with Gasteiger partial charge in [-0.15, -0.1) is 11.3 Å². The first-order valence-electron chi connectivity index (χ1n) is 7.32. The highest BCUT2D eigenvalue weighted by molar-refractivity contribution is 7.80. The topological polar surface area (TPSA) is 80.1 Å². The highest BCUT2D eigenvalue weighted by atomic mass is 32.1. The summed E-state index contributed by atoms with van der Waals surface area (Å²) in [6, 6.07) is 6.13. The van der Waals surface area contributed by atoms with E-state index in [0.29, 0.717) is 16.7 Å². The first-order valence-corrected chi connectivity index (χ1v) is 8.55. The number of nitrogens with one attached hydrogen (secondary N) is 2. The molecule has 23 heavy (non-hydrogen) atoms. The van der Waals surface area contributed by atoms with Crippen molar-refractivity contribution in [1.82, 2.24) is 4.98 Å². The molecule has 6 nitrogen and oxygen atoms in total. The van der Waals surface area contributed by atoms with E-state index in [1.165, 1.54) is 29.1 Å². The Labute approximate surface area is 143 Å². The van der Waals surface area contributed by atoms with Crippen LogP contribution in [0.3, 0.4) is 0 Å². The van der Waals surface area contributed by atoms with Gasteiger partial charge in [0.1, 0.15) is 0 Å². The standard InChI is InChI=1S/C15H16N4O2S2/c1-9-2-7-12-13(8-9)23-15(17-12)18-14(22)16-10-3-5-11(6-4-10)19(20)21/h3-6,9H,2,7-8H2,1H3,(H2,16,17,18,22)/t9-/m1/s1. The molecule has 1 aromatic carbocycles. The molecule has 1 heterocycles. The van der Waals surface area contributed by atoms with E-state index in [4.69, 9.17) is 12.2 Å². The van der Waals surface area contributed by atoms with Crippen LogP contribution in [0.15, 0.2) is 24.3 Å². The number of aromatic nitrogens is 1. The molecule has 1 aliphatic rings. The number of hydrogen-bond acceptors (Lipinski definition) is 5. The molecule has 0 aliphatic heterocycles. The Hall–Kier alpha value is -2.06. The van der Waals surface area contributed by atoms with Crippen molar-refractivity contribution < 1.29 is 4.92 Å². The second kappa shape index (κ2) is 6.59. The molecule has 0 radical (unpaired) electrons. The first-order chi connectivity index (χ1) is 11.0. The SMILES string of the molecule is C[C@@H]1CCc2nc(NC(=S)Nc3ccc([N+](=O)[O-])cc3)sc2C1. The number of anilines is 2. The Morgan fingerprint density at radius 3 is 2.83 bits per heavy atom. The molecule has 1 atom stereocenters. The smallest absolute Gasteiger partial charge is 0.269 e. The average Bonchev–Trinajstić information content (AvgIpc) is 2.88. The van der Waals surface area contributed by atoms with Crippen LogP contribution >= 0.6 is 23.6 Å². The molecule has 0 unspecified atom stereocenters. The summed E-state index contributed by atoms with van der Waals surface area (Å²) in [6.45, 7) is 2.26. The van der Waals surface area contributed by atoms with Crippen LogP contribution in [0, 0.1) is 16.0 Å². The van der Waals surface area contributed by atoms with Gasteiger partial charge in [0.15, 0.2) is 10.2 Å². The lowest BCUT2D eigenvalue weighted by atomic mass is 9.93. The lowest BCUT2D eigenvalue weighted by molar-refractivity contribution is -0.384. The molecule has 2 aromatic rings. The van der Waals surface area contributed by atoms with Crippen LogP contribution in [0.4, 0.5) is 16.5 Å². The Balaban J connectivity index is 1.62. The zero-order valence-electron chi connectivity index (χ0n) is 12.5. The predicted octanol–water partition coefficient (Wildman–Crippen LogP) is 3.99. The molecule has 0 bridgehead atoms. The molecule has 8 heteroatoms. The van der Waals surface area contributed by atoms with Crippen molar-refractivity contribution in [2.75, 3.05) is 10.6 Å². The van der Waals surface area contributed by atoms with Crippen molar-refractivity contribution in [3.05, 3.63) is 45.0 Å². The van der Waals surface area contributed by atoms with Crippen molar-refractivity contribution in [1.29, 1.82) is 0 Å². The van der Waals surface area contributed by atoms with E-state index in [2.05, 4.69) is 22.5 Å². The zero-order chi connectivity index (χ0) is 16.4. The molecule has 120 valence electrons. The summed E-state index contributed by atoms with van der Waals surface area (Å²) in [5.41, 5.74) is 1.92. The molecular formula is C15H16N4O2S2. The van der Waals surface area contributed by atoms with Crippen LogP contribution in [0.2, 0.25) is 0 Å². The third-order valence-electron chi connectivity index (χ3n) is 3.74. The summed E-state index contributed by atoms with van der Waals surface area (Å²) >= 11 is 6.92. The molecular weight excluding hydrogens is 332 g/mol. The third kappa shape index (κ3) is 3.83. The van der Waals surface area contributed by atoms with E-state index in [0.717, 1.165) is 18.0 Å². The van der Waals surface area contributed by atoms with Gasteiger partial charge in [0, 0.05) is 22.7 Å². The Morgan fingerprint density at radius 1 is 1.39 bits per heavy atom. The predicted molar refractivity (Wildman–Crippen MR) is 96.2 cm³/mol. The maximum Gasteiger partial charge on any atom is 0.269 e. The second-order valence-electron chi connectivity index (χ2n) is 5.62. The van der Waals surface area contributed by atoms with E-state index in [-0.39, 0.29) is 5.69 Å². The fourth-order valence-electron chi connectivity index (χ4n) is 2.52. The highest BCUT2D eigenvalue weighted by Gasteiger charge is 2.20. The normalized spacial score (nSPS) is 16.5. The van der Waals surface area contributed by atoms with Crippen LogP contribution < -0.4 is 10.6 Å². The molecule has 0 saturated carbocycles. The summed E-state index contributed by atoms with van der Waals surface area (Å²) < 4.78 is 0. The maximum absolute atomic E-state index is 10.6. The molecule has 1 aromatic heterocycles. The fraction of sp³-hybridized carbons (Fsp3) is 0.333. The van der Waals surface area contributed by atoms with Crippen LogP contribution in [0.1, 0.15) is 23.9 Å². The summed E-state index contributed by atoms with van der Waals surface area (Å²) in [4.78, 5) is 16.1. The number of rotatable bonds is 3. The number of fused-ring (bicyclic) bond motifs is 1. The average molecular weight is 348 g/mol. The minimum atomic E-state index is -0.429. The van der Waals surface area contributed by atoms with Crippen LogP contribution in [0.5, 0.6) is 0 Å². The van der Waals surface area contributed by atoms with Crippen molar-refractivity contribution in [3.63, 3.8) is 0 Å². The number of benzene rings is 1. The van der Waals surface area contributed by atoms with Gasteiger partial charge in [0.2, 0.25) is 0 Å². The van der Waals surface area contributed by atoms with Crippen molar-refractivity contribution in [2.45, 2.75) is 26.2 Å². The molecule has 3 rings (SSSR count). The summed E-state index contributed by atoms with van der Waals surface area (Å²) in [5, 5.41) is 18.0. The highest BCUT2D eigenvalue weighted by Crippen LogP contribution is 2.32. The minimum Gasteiger partial charge on any atom is -0.332 e. The van der Waals surface area contributed by atoms with Gasteiger partial charge < -0.3 is 10.6 Å². The van der Waals surface area contributed by atoms with Crippen molar-refractivity contribution in [3.8, 4) is 0 Å². The van der Waals surface area contributed by atoms with Gasteiger partial charge in [-0.25, -0.2) is 4.98 Å². The van der Waals surface area contributed by atoms with Crippen molar-refractivity contribution in [2.24, 2.45) is 5.92 Å². The third-order valence-corrected chi connectivity index (χ3v) is 4.98. The van der Waals surface area contributed by atoms with Gasteiger partial charge >= 0.3 is 0 Å². The van der Waals surface area contributed by atoms with Gasteiger partial charge in [-0.3, -0.25) is 10.1 Å². The van der Waals surface area contributed by atoms with Gasteiger partial charge in [0.25, 0.3) is 5.69 Å². The fourth-order valence-corrected chi connectivity index (χ4v) is 3.97. The Bertz CT molecular complexity index is 742. The van der Waals surface area contributed by atoms with Gasteiger partial charge in [-0.1, -0.05) is 6.92 Å². The Kier molecular flexibility index (Phi) is 4.53.